The van der Waals surface area contributed by atoms with E-state index in [0.717, 1.165) is 18.7 Å². The van der Waals surface area contributed by atoms with E-state index in [1.807, 2.05) is 25.2 Å². The summed E-state index contributed by atoms with van der Waals surface area (Å²) in [4.78, 5) is 4.55. The van der Waals surface area contributed by atoms with Crippen molar-refractivity contribution in [1.29, 1.82) is 0 Å². The zero-order chi connectivity index (χ0) is 14.1. The van der Waals surface area contributed by atoms with Crippen LogP contribution in [0.4, 0.5) is 0 Å². The summed E-state index contributed by atoms with van der Waals surface area (Å²) in [6.07, 6.45) is 3.94. The van der Waals surface area contributed by atoms with Crippen LogP contribution in [0.2, 0.25) is 5.02 Å². The quantitative estimate of drug-likeness (QED) is 0.945. The van der Waals surface area contributed by atoms with Crippen LogP contribution in [0.25, 0.3) is 0 Å². The van der Waals surface area contributed by atoms with Crippen LogP contribution >= 0.6 is 11.6 Å². The third-order valence-electron chi connectivity index (χ3n) is 3.98. The minimum atomic E-state index is -0.837. The second-order valence-corrected chi connectivity index (χ2v) is 5.76. The summed E-state index contributed by atoms with van der Waals surface area (Å²) in [7, 11) is 1.82. The van der Waals surface area contributed by atoms with Crippen LogP contribution in [0, 0.1) is 0 Å². The first-order valence-corrected chi connectivity index (χ1v) is 7.38. The van der Waals surface area contributed by atoms with E-state index in [1.165, 1.54) is 12.8 Å². The average Bonchev–Trinajstić information content (AvgIpc) is 3.07. The molecule has 0 radical (unpaired) electrons. The van der Waals surface area contributed by atoms with E-state index in [-0.39, 0.29) is 0 Å². The molecule has 1 heterocycles. The van der Waals surface area contributed by atoms with Crippen molar-refractivity contribution in [3.8, 4) is 0 Å². The maximum Gasteiger partial charge on any atom is 0.160 e. The summed E-state index contributed by atoms with van der Waals surface area (Å²) in [5.74, 6) is 1.85. The van der Waals surface area contributed by atoms with Crippen molar-refractivity contribution in [3.05, 3.63) is 46.5 Å². The summed E-state index contributed by atoms with van der Waals surface area (Å²) in [5, 5.41) is 15.5. The van der Waals surface area contributed by atoms with Gasteiger partial charge in [-0.1, -0.05) is 42.6 Å². The van der Waals surface area contributed by atoms with Gasteiger partial charge in [0, 0.05) is 23.6 Å². The zero-order valence-electron chi connectivity index (χ0n) is 11.5. The number of benzene rings is 1. The van der Waals surface area contributed by atoms with Crippen molar-refractivity contribution in [2.24, 2.45) is 7.05 Å². The van der Waals surface area contributed by atoms with Crippen LogP contribution < -0.4 is 0 Å². The first-order chi connectivity index (χ1) is 9.66. The minimum Gasteiger partial charge on any atom is -0.380 e. The Hall–Kier alpha value is -1.39. The third kappa shape index (κ3) is 2.45. The molecule has 0 aliphatic heterocycles. The molecule has 4 nitrogen and oxygen atoms in total. The van der Waals surface area contributed by atoms with E-state index in [1.54, 1.807) is 10.7 Å². The van der Waals surface area contributed by atoms with Crippen molar-refractivity contribution in [2.45, 2.75) is 37.7 Å². The van der Waals surface area contributed by atoms with E-state index in [4.69, 9.17) is 11.6 Å². The van der Waals surface area contributed by atoms with E-state index in [9.17, 15) is 5.11 Å². The Morgan fingerprint density at radius 1 is 1.30 bits per heavy atom. The molecule has 1 fully saturated rings. The third-order valence-corrected chi connectivity index (χ3v) is 4.32. The Morgan fingerprint density at radius 3 is 2.70 bits per heavy atom. The van der Waals surface area contributed by atoms with E-state index in [2.05, 4.69) is 10.1 Å². The highest BCUT2D eigenvalue weighted by molar-refractivity contribution is 6.31. The van der Waals surface area contributed by atoms with Gasteiger partial charge in [-0.3, -0.25) is 4.68 Å². The van der Waals surface area contributed by atoms with Gasteiger partial charge in [0.25, 0.3) is 0 Å². The fraction of sp³-hybridized carbons (Fsp3) is 0.467. The molecule has 1 N–H and O–H groups in total. The molecule has 106 valence electrons. The monoisotopic (exact) mass is 291 g/mol. The van der Waals surface area contributed by atoms with Crippen molar-refractivity contribution < 1.29 is 5.11 Å². The number of halogens is 1. The van der Waals surface area contributed by atoms with Crippen LogP contribution in [0.15, 0.2) is 24.3 Å². The number of aryl methyl sites for hydroxylation is 1. The fourth-order valence-corrected chi connectivity index (χ4v) is 3.09. The van der Waals surface area contributed by atoms with Crippen molar-refractivity contribution in [2.75, 3.05) is 0 Å². The Labute approximate surface area is 123 Å². The summed E-state index contributed by atoms with van der Waals surface area (Å²) in [6, 6.07) is 7.29. The molecular formula is C15H18ClN3O. The van der Waals surface area contributed by atoms with Gasteiger partial charge in [0.2, 0.25) is 0 Å². The highest BCUT2D eigenvalue weighted by Gasteiger charge is 2.25. The van der Waals surface area contributed by atoms with Gasteiger partial charge in [-0.2, -0.15) is 5.10 Å². The predicted octanol–water partition coefficient (Wildman–Crippen LogP) is 3.21. The zero-order valence-corrected chi connectivity index (χ0v) is 12.2. The highest BCUT2D eigenvalue weighted by atomic mass is 35.5. The van der Waals surface area contributed by atoms with Gasteiger partial charge < -0.3 is 5.11 Å². The number of nitrogens with zero attached hydrogens (tertiary/aromatic N) is 3. The average molecular weight is 292 g/mol. The molecule has 0 saturated heterocycles. The van der Waals surface area contributed by atoms with Gasteiger partial charge in [0.1, 0.15) is 6.10 Å². The second-order valence-electron chi connectivity index (χ2n) is 5.36. The van der Waals surface area contributed by atoms with Crippen LogP contribution in [0.5, 0.6) is 0 Å². The smallest absolute Gasteiger partial charge is 0.160 e. The molecule has 0 bridgehead atoms. The number of hydrogen-bond donors (Lipinski definition) is 1. The SMILES string of the molecule is Cn1nc(C2CCCC2)nc1[C@@H](O)c1ccccc1Cl. The first-order valence-electron chi connectivity index (χ1n) is 7.00. The lowest BCUT2D eigenvalue weighted by Crippen LogP contribution is -2.08. The van der Waals surface area contributed by atoms with E-state index in [0.29, 0.717) is 22.3 Å². The predicted molar refractivity (Wildman–Crippen MR) is 77.7 cm³/mol. The molecule has 3 rings (SSSR count). The molecule has 1 saturated carbocycles. The fourth-order valence-electron chi connectivity index (χ4n) is 2.85. The number of hydrogen-bond acceptors (Lipinski definition) is 3. The first kappa shape index (κ1) is 13.6. The van der Waals surface area contributed by atoms with Crippen LogP contribution in [0.3, 0.4) is 0 Å². The highest BCUT2D eigenvalue weighted by Crippen LogP contribution is 2.33. The van der Waals surface area contributed by atoms with Crippen LogP contribution in [0.1, 0.15) is 54.9 Å². The molecule has 1 aliphatic rings. The van der Waals surface area contributed by atoms with Gasteiger partial charge in [-0.15, -0.1) is 0 Å². The number of rotatable bonds is 3. The summed E-state index contributed by atoms with van der Waals surface area (Å²) in [5.41, 5.74) is 0.669. The van der Waals surface area contributed by atoms with E-state index >= 15 is 0 Å². The summed E-state index contributed by atoms with van der Waals surface area (Å²) >= 11 is 6.14. The molecule has 1 atom stereocenters. The Kier molecular flexibility index (Phi) is 3.76. The maximum atomic E-state index is 10.5. The lowest BCUT2D eigenvalue weighted by Gasteiger charge is -2.11. The molecule has 20 heavy (non-hydrogen) atoms. The van der Waals surface area contributed by atoms with Gasteiger partial charge >= 0.3 is 0 Å². The number of aliphatic hydroxyl groups is 1. The molecular weight excluding hydrogens is 274 g/mol. The minimum absolute atomic E-state index is 0.438. The molecule has 1 aromatic heterocycles. The topological polar surface area (TPSA) is 50.9 Å². The van der Waals surface area contributed by atoms with E-state index < -0.39 is 6.10 Å². The molecule has 0 spiro atoms. The van der Waals surface area contributed by atoms with Crippen molar-refractivity contribution in [1.82, 2.24) is 14.8 Å². The summed E-state index contributed by atoms with van der Waals surface area (Å²) in [6.45, 7) is 0. The molecule has 1 aromatic carbocycles. The lowest BCUT2D eigenvalue weighted by atomic mass is 10.1. The standard InChI is InChI=1S/C15H18ClN3O/c1-19-15(13(20)11-8-4-5-9-12(11)16)17-14(18-19)10-6-2-3-7-10/h4-5,8-10,13,20H,2-3,6-7H2,1H3/t13-/m0/s1. The molecule has 0 amide bonds. The van der Waals surface area contributed by atoms with Gasteiger partial charge in [-0.25, -0.2) is 4.98 Å². The molecule has 5 heteroatoms. The number of aromatic nitrogens is 3. The Balaban J connectivity index is 1.92. The summed E-state index contributed by atoms with van der Waals surface area (Å²) < 4.78 is 1.67. The maximum absolute atomic E-state index is 10.5. The normalized spacial score (nSPS) is 17.6. The largest absolute Gasteiger partial charge is 0.380 e. The van der Waals surface area contributed by atoms with Gasteiger partial charge in [-0.05, 0) is 18.9 Å². The van der Waals surface area contributed by atoms with Crippen molar-refractivity contribution in [3.63, 3.8) is 0 Å². The second kappa shape index (κ2) is 5.54. The van der Waals surface area contributed by atoms with Gasteiger partial charge in [0.15, 0.2) is 11.6 Å². The molecule has 1 aliphatic carbocycles. The lowest BCUT2D eigenvalue weighted by molar-refractivity contribution is 0.204. The molecule has 2 aromatic rings. The number of aliphatic hydroxyl groups excluding tert-OH is 1. The Bertz CT molecular complexity index is 605. The molecule has 0 unspecified atom stereocenters. The van der Waals surface area contributed by atoms with Crippen molar-refractivity contribution >= 4 is 11.6 Å². The van der Waals surface area contributed by atoms with Crippen LogP contribution in [-0.2, 0) is 7.05 Å². The van der Waals surface area contributed by atoms with Crippen LogP contribution in [-0.4, -0.2) is 19.9 Å². The van der Waals surface area contributed by atoms with Gasteiger partial charge in [0.05, 0.1) is 0 Å². The Morgan fingerprint density at radius 2 is 2.00 bits per heavy atom.